The predicted octanol–water partition coefficient (Wildman–Crippen LogP) is 0.938. The Kier molecular flexibility index (Phi) is 3.37. The van der Waals surface area contributed by atoms with Gasteiger partial charge < -0.3 is 4.98 Å². The molecule has 0 bridgehead atoms. The van der Waals surface area contributed by atoms with E-state index in [-0.39, 0.29) is 5.92 Å². The highest BCUT2D eigenvalue weighted by molar-refractivity contribution is 7.89. The highest BCUT2D eigenvalue weighted by atomic mass is 32.2. The summed E-state index contributed by atoms with van der Waals surface area (Å²) in [4.78, 5) is 7.80. The highest BCUT2D eigenvalue weighted by Gasteiger charge is 2.35. The number of rotatable bonds is 3. The van der Waals surface area contributed by atoms with Gasteiger partial charge in [-0.2, -0.15) is 9.40 Å². The van der Waals surface area contributed by atoms with Gasteiger partial charge in [-0.25, -0.2) is 13.4 Å². The zero-order chi connectivity index (χ0) is 15.2. The number of nitrogens with zero attached hydrogens (tertiary/aromatic N) is 4. The lowest BCUT2D eigenvalue weighted by molar-refractivity contribution is 0.471. The van der Waals surface area contributed by atoms with Crippen molar-refractivity contribution in [2.24, 2.45) is 7.05 Å². The number of H-pyrrole nitrogens is 1. The van der Waals surface area contributed by atoms with E-state index in [0.717, 1.165) is 17.9 Å². The molecule has 114 valence electrons. The SMILES string of the molecule is Cc1cnc([C@@H]2CCN(S(=O)(=O)c3cn(C)nc3C)C2)[nH]1. The van der Waals surface area contributed by atoms with Crippen LogP contribution in [-0.2, 0) is 17.1 Å². The van der Waals surface area contributed by atoms with E-state index in [1.165, 1.54) is 8.99 Å². The van der Waals surface area contributed by atoms with E-state index in [9.17, 15) is 8.42 Å². The molecule has 0 aliphatic carbocycles. The Labute approximate surface area is 124 Å². The van der Waals surface area contributed by atoms with E-state index in [0.29, 0.717) is 23.7 Å². The lowest BCUT2D eigenvalue weighted by Gasteiger charge is -2.15. The number of sulfonamides is 1. The standard InChI is InChI=1S/C13H19N5O2S/c1-9-6-14-13(15-9)11-4-5-18(7-11)21(19,20)12-8-17(3)16-10(12)2/h6,8,11H,4-5,7H2,1-3H3,(H,14,15)/t11-/m1/s1. The van der Waals surface area contributed by atoms with E-state index in [2.05, 4.69) is 15.1 Å². The quantitative estimate of drug-likeness (QED) is 0.914. The van der Waals surface area contributed by atoms with Crippen molar-refractivity contribution in [1.29, 1.82) is 0 Å². The van der Waals surface area contributed by atoms with Gasteiger partial charge in [0.2, 0.25) is 10.0 Å². The average molecular weight is 309 g/mol. The van der Waals surface area contributed by atoms with Gasteiger partial charge >= 0.3 is 0 Å². The minimum atomic E-state index is -3.47. The number of hydrogen-bond acceptors (Lipinski definition) is 4. The van der Waals surface area contributed by atoms with Crippen molar-refractivity contribution in [3.63, 3.8) is 0 Å². The fraction of sp³-hybridized carbons (Fsp3) is 0.538. The molecule has 3 rings (SSSR count). The van der Waals surface area contributed by atoms with E-state index >= 15 is 0 Å². The largest absolute Gasteiger partial charge is 0.346 e. The van der Waals surface area contributed by atoms with Gasteiger partial charge in [0.15, 0.2) is 0 Å². The molecule has 1 aliphatic rings. The summed E-state index contributed by atoms with van der Waals surface area (Å²) in [6, 6.07) is 0. The van der Waals surface area contributed by atoms with Gasteiger partial charge in [-0.1, -0.05) is 0 Å². The number of hydrogen-bond donors (Lipinski definition) is 1. The van der Waals surface area contributed by atoms with Gasteiger partial charge in [0, 0.05) is 44.1 Å². The second-order valence-corrected chi connectivity index (χ2v) is 7.46. The first-order valence-corrected chi connectivity index (χ1v) is 8.34. The summed E-state index contributed by atoms with van der Waals surface area (Å²) in [5.74, 6) is 0.999. The molecular formula is C13H19N5O2S. The highest BCUT2D eigenvalue weighted by Crippen LogP contribution is 2.30. The zero-order valence-corrected chi connectivity index (χ0v) is 13.2. The molecule has 2 aromatic rings. The number of imidazole rings is 1. The second-order valence-electron chi connectivity index (χ2n) is 5.55. The maximum atomic E-state index is 12.7. The summed E-state index contributed by atoms with van der Waals surface area (Å²) in [6.45, 7) is 4.64. The van der Waals surface area contributed by atoms with Gasteiger partial charge in [0.25, 0.3) is 0 Å². The summed E-state index contributed by atoms with van der Waals surface area (Å²) in [5, 5.41) is 4.12. The number of aryl methyl sites for hydroxylation is 3. The number of aromatic nitrogens is 4. The van der Waals surface area contributed by atoms with Crippen molar-refractivity contribution in [2.75, 3.05) is 13.1 Å². The molecule has 7 nitrogen and oxygen atoms in total. The molecule has 1 atom stereocenters. The molecule has 8 heteroatoms. The fourth-order valence-electron chi connectivity index (χ4n) is 2.78. The van der Waals surface area contributed by atoms with E-state index < -0.39 is 10.0 Å². The second kappa shape index (κ2) is 4.96. The molecule has 0 radical (unpaired) electrons. The molecule has 1 N–H and O–H groups in total. The van der Waals surface area contributed by atoms with E-state index in [4.69, 9.17) is 0 Å². The van der Waals surface area contributed by atoms with Crippen LogP contribution in [0.4, 0.5) is 0 Å². The molecule has 1 saturated heterocycles. The fourth-order valence-corrected chi connectivity index (χ4v) is 4.48. The first-order chi connectivity index (χ1) is 9.88. The molecule has 1 fully saturated rings. The lowest BCUT2D eigenvalue weighted by atomic mass is 10.1. The Morgan fingerprint density at radius 3 is 2.71 bits per heavy atom. The van der Waals surface area contributed by atoms with Crippen molar-refractivity contribution >= 4 is 10.0 Å². The molecule has 0 spiro atoms. The molecule has 0 unspecified atom stereocenters. The van der Waals surface area contributed by atoms with Crippen molar-refractivity contribution in [3.8, 4) is 0 Å². The third-order valence-electron chi connectivity index (χ3n) is 3.85. The lowest BCUT2D eigenvalue weighted by Crippen LogP contribution is -2.29. The summed E-state index contributed by atoms with van der Waals surface area (Å²) in [6.07, 6.45) is 4.12. The molecule has 0 saturated carbocycles. The Bertz CT molecular complexity index is 761. The molecule has 0 aromatic carbocycles. The molecular weight excluding hydrogens is 290 g/mol. The summed E-state index contributed by atoms with van der Waals surface area (Å²) in [7, 11) is -1.75. The van der Waals surface area contributed by atoms with Crippen molar-refractivity contribution in [1.82, 2.24) is 24.1 Å². The van der Waals surface area contributed by atoms with Gasteiger partial charge in [0.1, 0.15) is 10.7 Å². The maximum Gasteiger partial charge on any atom is 0.246 e. The van der Waals surface area contributed by atoms with E-state index in [1.807, 2.05) is 6.92 Å². The van der Waals surface area contributed by atoms with Crippen molar-refractivity contribution < 1.29 is 8.42 Å². The predicted molar refractivity (Wildman–Crippen MR) is 77.4 cm³/mol. The van der Waals surface area contributed by atoms with Crippen molar-refractivity contribution in [2.45, 2.75) is 31.1 Å². The Morgan fingerprint density at radius 1 is 1.38 bits per heavy atom. The van der Waals surface area contributed by atoms with Crippen molar-refractivity contribution in [3.05, 3.63) is 29.6 Å². The van der Waals surface area contributed by atoms with Crippen LogP contribution in [0.25, 0.3) is 0 Å². The molecule has 3 heterocycles. The van der Waals surface area contributed by atoms with Crippen LogP contribution in [0.2, 0.25) is 0 Å². The molecule has 0 amide bonds. The average Bonchev–Trinajstić information content (AvgIpc) is 3.08. The van der Waals surface area contributed by atoms with E-state index in [1.54, 1.807) is 26.4 Å². The number of nitrogens with one attached hydrogen (secondary N) is 1. The maximum absolute atomic E-state index is 12.7. The Hall–Kier alpha value is -1.67. The first-order valence-electron chi connectivity index (χ1n) is 6.90. The van der Waals surface area contributed by atoms with Gasteiger partial charge in [-0.3, -0.25) is 4.68 Å². The van der Waals surface area contributed by atoms with Crippen LogP contribution in [-0.4, -0.2) is 45.6 Å². The minimum absolute atomic E-state index is 0.130. The Balaban J connectivity index is 1.84. The minimum Gasteiger partial charge on any atom is -0.346 e. The van der Waals surface area contributed by atoms with Crippen LogP contribution in [0.1, 0.15) is 29.6 Å². The van der Waals surface area contributed by atoms with Crippen LogP contribution in [0.3, 0.4) is 0 Å². The van der Waals surface area contributed by atoms with Crippen LogP contribution in [0.5, 0.6) is 0 Å². The smallest absolute Gasteiger partial charge is 0.246 e. The monoisotopic (exact) mass is 309 g/mol. The topological polar surface area (TPSA) is 83.9 Å². The summed E-state index contributed by atoms with van der Waals surface area (Å²) < 4.78 is 28.4. The Morgan fingerprint density at radius 2 is 2.14 bits per heavy atom. The summed E-state index contributed by atoms with van der Waals surface area (Å²) in [5.41, 5.74) is 1.53. The van der Waals surface area contributed by atoms with Gasteiger partial charge in [-0.05, 0) is 20.3 Å². The number of aromatic amines is 1. The normalized spacial score (nSPS) is 20.2. The third kappa shape index (κ3) is 2.49. The summed E-state index contributed by atoms with van der Waals surface area (Å²) >= 11 is 0. The van der Waals surface area contributed by atoms with Crippen LogP contribution < -0.4 is 0 Å². The third-order valence-corrected chi connectivity index (χ3v) is 5.81. The first kappa shape index (κ1) is 14.3. The van der Waals surface area contributed by atoms with Gasteiger partial charge in [-0.15, -0.1) is 0 Å². The van der Waals surface area contributed by atoms with Gasteiger partial charge in [0.05, 0.1) is 5.69 Å². The molecule has 2 aromatic heterocycles. The molecule has 1 aliphatic heterocycles. The van der Waals surface area contributed by atoms with Crippen LogP contribution >= 0.6 is 0 Å². The zero-order valence-electron chi connectivity index (χ0n) is 12.4. The molecule has 21 heavy (non-hydrogen) atoms. The van der Waals surface area contributed by atoms with Crippen LogP contribution in [0, 0.1) is 13.8 Å². The van der Waals surface area contributed by atoms with Crippen LogP contribution in [0.15, 0.2) is 17.3 Å².